The second kappa shape index (κ2) is 5.16. The number of methoxy groups -OCH3 is 2. The molecule has 2 heterocycles. The Kier molecular flexibility index (Phi) is 3.77. The highest BCUT2D eigenvalue weighted by atomic mass is 16.5. The number of nitrogens with zero attached hydrogens (tertiary/aromatic N) is 3. The first-order valence-electron chi connectivity index (χ1n) is 6.25. The molecule has 0 spiro atoms. The molecule has 0 radical (unpaired) electrons. The summed E-state index contributed by atoms with van der Waals surface area (Å²) in [6.45, 7) is 6.36. The maximum absolute atomic E-state index is 6.13. The Labute approximate surface area is 108 Å². The van der Waals surface area contributed by atoms with Crippen LogP contribution in [0.1, 0.15) is 12.6 Å². The molecule has 6 heteroatoms. The Bertz CT molecular complexity index is 406. The van der Waals surface area contributed by atoms with E-state index in [1.807, 2.05) is 11.6 Å². The number of anilines is 2. The number of ether oxygens (including phenoxy) is 2. The summed E-state index contributed by atoms with van der Waals surface area (Å²) in [6.07, 6.45) is 0.157. The zero-order valence-corrected chi connectivity index (χ0v) is 11.5. The van der Waals surface area contributed by atoms with Gasteiger partial charge in [-0.15, -0.1) is 0 Å². The molecule has 0 amide bonds. The smallest absolute Gasteiger partial charge is 0.150 e. The number of hydrogen-bond donors (Lipinski definition) is 1. The Hall–Kier alpha value is -1.27. The average molecular weight is 254 g/mol. The lowest BCUT2D eigenvalue weighted by molar-refractivity contribution is -0.00461. The standard InChI is InChI=1S/C12H22N4O2/c1-5-16-12(11(13)8(2)14-16)15-6-9(17-3)10(7-15)18-4/h9-10H,5-7,13H2,1-4H3. The van der Waals surface area contributed by atoms with E-state index in [-0.39, 0.29) is 12.2 Å². The van der Waals surface area contributed by atoms with Crippen molar-refractivity contribution in [1.29, 1.82) is 0 Å². The molecule has 0 saturated carbocycles. The molecule has 0 aromatic carbocycles. The van der Waals surface area contributed by atoms with Crippen LogP contribution >= 0.6 is 0 Å². The van der Waals surface area contributed by atoms with Crippen LogP contribution in [0.2, 0.25) is 0 Å². The molecule has 1 aromatic heterocycles. The molecule has 0 aliphatic carbocycles. The maximum Gasteiger partial charge on any atom is 0.150 e. The van der Waals surface area contributed by atoms with Crippen molar-refractivity contribution in [2.45, 2.75) is 32.6 Å². The lowest BCUT2D eigenvalue weighted by Gasteiger charge is -2.19. The average Bonchev–Trinajstić information content (AvgIpc) is 2.91. The van der Waals surface area contributed by atoms with Gasteiger partial charge in [0.05, 0.1) is 11.4 Å². The van der Waals surface area contributed by atoms with Crippen LogP contribution in [0.5, 0.6) is 0 Å². The summed E-state index contributed by atoms with van der Waals surface area (Å²) >= 11 is 0. The molecule has 1 aromatic rings. The molecule has 2 N–H and O–H groups in total. The van der Waals surface area contributed by atoms with Gasteiger partial charge in [0.25, 0.3) is 0 Å². The molecule has 102 valence electrons. The number of rotatable bonds is 4. The minimum absolute atomic E-state index is 0.0786. The van der Waals surface area contributed by atoms with Gasteiger partial charge in [-0.05, 0) is 13.8 Å². The SMILES string of the molecule is CCn1nc(C)c(N)c1N1CC(OC)C(OC)C1. The summed E-state index contributed by atoms with van der Waals surface area (Å²) in [5.41, 5.74) is 7.76. The van der Waals surface area contributed by atoms with Crippen molar-refractivity contribution in [3.05, 3.63) is 5.69 Å². The van der Waals surface area contributed by atoms with Gasteiger partial charge in [-0.3, -0.25) is 0 Å². The molecule has 6 nitrogen and oxygen atoms in total. The molecule has 0 bridgehead atoms. The van der Waals surface area contributed by atoms with Crippen molar-refractivity contribution in [3.8, 4) is 0 Å². The van der Waals surface area contributed by atoms with Crippen LogP contribution in [0.4, 0.5) is 11.5 Å². The lowest BCUT2D eigenvalue weighted by atomic mass is 10.3. The second-order valence-electron chi connectivity index (χ2n) is 4.59. The van der Waals surface area contributed by atoms with Crippen LogP contribution in [0.25, 0.3) is 0 Å². The van der Waals surface area contributed by atoms with E-state index in [2.05, 4.69) is 16.9 Å². The molecule has 1 saturated heterocycles. The van der Waals surface area contributed by atoms with Gasteiger partial charge in [0.2, 0.25) is 0 Å². The van der Waals surface area contributed by atoms with Crippen LogP contribution in [0, 0.1) is 6.92 Å². The lowest BCUT2D eigenvalue weighted by Crippen LogP contribution is -2.27. The topological polar surface area (TPSA) is 65.5 Å². The van der Waals surface area contributed by atoms with E-state index < -0.39 is 0 Å². The Morgan fingerprint density at radius 1 is 1.28 bits per heavy atom. The van der Waals surface area contributed by atoms with Crippen molar-refractivity contribution in [1.82, 2.24) is 9.78 Å². The highest BCUT2D eigenvalue weighted by Crippen LogP contribution is 2.30. The van der Waals surface area contributed by atoms with Gasteiger partial charge in [0, 0.05) is 33.9 Å². The van der Waals surface area contributed by atoms with Crippen molar-refractivity contribution in [2.75, 3.05) is 37.9 Å². The minimum atomic E-state index is 0.0786. The Morgan fingerprint density at radius 2 is 1.83 bits per heavy atom. The number of aryl methyl sites for hydroxylation is 2. The van der Waals surface area contributed by atoms with Gasteiger partial charge in [-0.25, -0.2) is 4.68 Å². The predicted octanol–water partition coefficient (Wildman–Crippen LogP) is 0.644. The van der Waals surface area contributed by atoms with E-state index in [0.29, 0.717) is 0 Å². The van der Waals surface area contributed by atoms with Gasteiger partial charge < -0.3 is 20.1 Å². The molecular formula is C12H22N4O2. The van der Waals surface area contributed by atoms with E-state index in [1.165, 1.54) is 0 Å². The van der Waals surface area contributed by atoms with E-state index >= 15 is 0 Å². The van der Waals surface area contributed by atoms with Gasteiger partial charge in [-0.1, -0.05) is 0 Å². The highest BCUT2D eigenvalue weighted by Gasteiger charge is 2.35. The first-order valence-corrected chi connectivity index (χ1v) is 6.25. The summed E-state index contributed by atoms with van der Waals surface area (Å²) in [6, 6.07) is 0. The summed E-state index contributed by atoms with van der Waals surface area (Å²) in [5.74, 6) is 0.983. The Balaban J connectivity index is 2.28. The van der Waals surface area contributed by atoms with Crippen LogP contribution < -0.4 is 10.6 Å². The van der Waals surface area contributed by atoms with Crippen molar-refractivity contribution in [3.63, 3.8) is 0 Å². The van der Waals surface area contributed by atoms with Crippen molar-refractivity contribution in [2.24, 2.45) is 0 Å². The summed E-state index contributed by atoms with van der Waals surface area (Å²) < 4.78 is 12.8. The second-order valence-corrected chi connectivity index (χ2v) is 4.59. The largest absolute Gasteiger partial charge is 0.394 e. The zero-order chi connectivity index (χ0) is 13.3. The first kappa shape index (κ1) is 13.2. The number of hydrogen-bond acceptors (Lipinski definition) is 5. The maximum atomic E-state index is 6.13. The van der Waals surface area contributed by atoms with E-state index in [0.717, 1.165) is 36.8 Å². The fraction of sp³-hybridized carbons (Fsp3) is 0.750. The third-order valence-electron chi connectivity index (χ3n) is 3.57. The predicted molar refractivity (Wildman–Crippen MR) is 70.9 cm³/mol. The normalized spacial score (nSPS) is 23.9. The monoisotopic (exact) mass is 254 g/mol. The van der Waals surface area contributed by atoms with E-state index in [4.69, 9.17) is 15.2 Å². The fourth-order valence-corrected chi connectivity index (χ4v) is 2.51. The summed E-state index contributed by atoms with van der Waals surface area (Å²) in [4.78, 5) is 2.20. The zero-order valence-electron chi connectivity index (χ0n) is 11.5. The molecule has 18 heavy (non-hydrogen) atoms. The first-order chi connectivity index (χ1) is 8.62. The molecular weight excluding hydrogens is 232 g/mol. The van der Waals surface area contributed by atoms with Crippen molar-refractivity contribution < 1.29 is 9.47 Å². The summed E-state index contributed by atoms with van der Waals surface area (Å²) in [7, 11) is 3.43. The van der Waals surface area contributed by atoms with Crippen LogP contribution in [-0.2, 0) is 16.0 Å². The molecule has 1 fully saturated rings. The van der Waals surface area contributed by atoms with Gasteiger partial charge >= 0.3 is 0 Å². The number of aromatic nitrogens is 2. The number of nitrogens with two attached hydrogens (primary N) is 1. The van der Waals surface area contributed by atoms with Gasteiger partial charge in [0.15, 0.2) is 5.82 Å². The molecule has 2 atom stereocenters. The molecule has 1 aliphatic rings. The van der Waals surface area contributed by atoms with E-state index in [9.17, 15) is 0 Å². The molecule has 2 unspecified atom stereocenters. The fourth-order valence-electron chi connectivity index (χ4n) is 2.51. The third kappa shape index (κ3) is 2.06. The highest BCUT2D eigenvalue weighted by molar-refractivity contribution is 5.66. The van der Waals surface area contributed by atoms with Crippen LogP contribution in [-0.4, -0.2) is 49.3 Å². The minimum Gasteiger partial charge on any atom is -0.394 e. The van der Waals surface area contributed by atoms with Crippen LogP contribution in [0.3, 0.4) is 0 Å². The molecule has 1 aliphatic heterocycles. The Morgan fingerprint density at radius 3 is 2.28 bits per heavy atom. The third-order valence-corrected chi connectivity index (χ3v) is 3.57. The van der Waals surface area contributed by atoms with E-state index in [1.54, 1.807) is 14.2 Å². The van der Waals surface area contributed by atoms with Crippen LogP contribution in [0.15, 0.2) is 0 Å². The van der Waals surface area contributed by atoms with Crippen molar-refractivity contribution >= 4 is 11.5 Å². The van der Waals surface area contributed by atoms with Gasteiger partial charge in [0.1, 0.15) is 12.2 Å². The quantitative estimate of drug-likeness (QED) is 0.854. The number of nitrogen functional groups attached to an aromatic ring is 1. The summed E-state index contributed by atoms with van der Waals surface area (Å²) in [5, 5.41) is 4.44. The van der Waals surface area contributed by atoms with Gasteiger partial charge in [-0.2, -0.15) is 5.10 Å². The molecule has 2 rings (SSSR count).